The Bertz CT molecular complexity index is 546. The zero-order valence-electron chi connectivity index (χ0n) is 11.6. The summed E-state index contributed by atoms with van der Waals surface area (Å²) in [4.78, 5) is 0. The quantitative estimate of drug-likeness (QED) is 0.870. The largest absolute Gasteiger partial charge is 0.325 e. The van der Waals surface area contributed by atoms with Crippen molar-refractivity contribution in [1.29, 1.82) is 0 Å². The molecule has 3 saturated carbocycles. The van der Waals surface area contributed by atoms with Crippen LogP contribution in [0.25, 0.3) is 0 Å². The normalized spacial score (nSPS) is 42.1. The first-order valence-corrected chi connectivity index (χ1v) is 8.18. The van der Waals surface area contributed by atoms with E-state index in [-0.39, 0.29) is 16.4 Å². The van der Waals surface area contributed by atoms with Crippen LogP contribution < -0.4 is 5.73 Å². The molecule has 4 rings (SSSR count). The van der Waals surface area contributed by atoms with E-state index in [2.05, 4.69) is 0 Å². The van der Waals surface area contributed by atoms with E-state index in [1.165, 1.54) is 31.7 Å². The fraction of sp³-hybridized carbons (Fsp3) is 0.647. The second kappa shape index (κ2) is 4.45. The molecule has 0 aromatic heterocycles. The molecular formula is C17H21ClFN. The maximum atomic E-state index is 13.6. The van der Waals surface area contributed by atoms with E-state index in [1.807, 2.05) is 6.07 Å². The Morgan fingerprint density at radius 2 is 2.10 bits per heavy atom. The predicted molar refractivity (Wildman–Crippen MR) is 79.1 cm³/mol. The van der Waals surface area contributed by atoms with Gasteiger partial charge in [0.05, 0.1) is 5.02 Å². The molecule has 3 aliphatic rings. The van der Waals surface area contributed by atoms with E-state index in [4.69, 9.17) is 17.3 Å². The van der Waals surface area contributed by atoms with Crippen molar-refractivity contribution in [3.63, 3.8) is 0 Å². The summed E-state index contributed by atoms with van der Waals surface area (Å²) in [7, 11) is 0. The first kappa shape index (κ1) is 13.1. The van der Waals surface area contributed by atoms with Crippen LogP contribution in [0.1, 0.15) is 37.7 Å². The van der Waals surface area contributed by atoms with Crippen LogP contribution >= 0.6 is 11.6 Å². The lowest BCUT2D eigenvalue weighted by atomic mass is 9.69. The summed E-state index contributed by atoms with van der Waals surface area (Å²) in [6, 6.07) is 5.09. The van der Waals surface area contributed by atoms with Crippen molar-refractivity contribution < 1.29 is 4.39 Å². The number of halogens is 2. The molecule has 108 valence electrons. The lowest BCUT2D eigenvalue weighted by molar-refractivity contribution is 0.156. The third-order valence-electron chi connectivity index (χ3n) is 6.24. The maximum Gasteiger partial charge on any atom is 0.142 e. The molecule has 1 aromatic rings. The van der Waals surface area contributed by atoms with E-state index in [0.29, 0.717) is 5.92 Å². The number of hydrogen-bond acceptors (Lipinski definition) is 1. The molecule has 0 amide bonds. The van der Waals surface area contributed by atoms with E-state index in [1.54, 1.807) is 6.07 Å². The molecule has 2 bridgehead atoms. The molecular weight excluding hydrogens is 273 g/mol. The fourth-order valence-electron chi connectivity index (χ4n) is 5.56. The Hall–Kier alpha value is -0.600. The lowest BCUT2D eigenvalue weighted by Crippen LogP contribution is -2.51. The molecule has 0 spiro atoms. The summed E-state index contributed by atoms with van der Waals surface area (Å²) in [5, 5.41) is 0.267. The highest BCUT2D eigenvalue weighted by Gasteiger charge is 2.59. The van der Waals surface area contributed by atoms with E-state index in [0.717, 1.165) is 36.2 Å². The van der Waals surface area contributed by atoms with Gasteiger partial charge in [-0.05, 0) is 67.4 Å². The Labute approximate surface area is 124 Å². The van der Waals surface area contributed by atoms with Gasteiger partial charge in [-0.25, -0.2) is 4.39 Å². The third-order valence-corrected chi connectivity index (χ3v) is 6.66. The van der Waals surface area contributed by atoms with Crippen molar-refractivity contribution in [2.24, 2.45) is 29.4 Å². The van der Waals surface area contributed by atoms with Crippen molar-refractivity contribution in [3.05, 3.63) is 34.6 Å². The van der Waals surface area contributed by atoms with Crippen LogP contribution in [-0.2, 0) is 6.42 Å². The van der Waals surface area contributed by atoms with Gasteiger partial charge < -0.3 is 5.73 Å². The van der Waals surface area contributed by atoms with Crippen molar-refractivity contribution in [2.45, 2.75) is 44.1 Å². The molecule has 1 nitrogen and oxygen atoms in total. The number of fused-ring (bicyclic) bond motifs is 5. The highest BCUT2D eigenvalue weighted by atomic mass is 35.5. The van der Waals surface area contributed by atoms with Crippen LogP contribution in [0.4, 0.5) is 4.39 Å². The minimum absolute atomic E-state index is 0.159. The summed E-state index contributed by atoms with van der Waals surface area (Å²) >= 11 is 6.12. The number of hydrogen-bond donors (Lipinski definition) is 1. The first-order valence-electron chi connectivity index (χ1n) is 7.80. The molecule has 3 aliphatic carbocycles. The minimum Gasteiger partial charge on any atom is -0.325 e. The number of nitrogens with two attached hydrogens (primary N) is 1. The standard InChI is InChI=1S/C17H21ClFN/c18-16-10(3-1-6-15(16)19)8-17(20)9-11-7-14(17)13-5-2-4-12(11)13/h1,3,6,11-14H,2,4-5,7-9,20H2. The van der Waals surface area contributed by atoms with Gasteiger partial charge in [-0.15, -0.1) is 0 Å². The molecule has 3 fully saturated rings. The minimum atomic E-state index is -0.324. The lowest BCUT2D eigenvalue weighted by Gasteiger charge is -2.40. The Kier molecular flexibility index (Phi) is 2.91. The molecule has 1 aromatic carbocycles. The van der Waals surface area contributed by atoms with Crippen LogP contribution in [-0.4, -0.2) is 5.54 Å². The molecule has 5 atom stereocenters. The van der Waals surface area contributed by atoms with Crippen LogP contribution in [0.3, 0.4) is 0 Å². The summed E-state index contributed by atoms with van der Waals surface area (Å²) in [5.74, 6) is 2.87. The summed E-state index contributed by atoms with van der Waals surface area (Å²) < 4.78 is 13.6. The molecule has 0 saturated heterocycles. The molecule has 5 unspecified atom stereocenters. The summed E-state index contributed by atoms with van der Waals surface area (Å²) in [6.45, 7) is 0. The Morgan fingerprint density at radius 1 is 1.30 bits per heavy atom. The van der Waals surface area contributed by atoms with Crippen molar-refractivity contribution >= 4 is 11.6 Å². The number of rotatable bonds is 2. The van der Waals surface area contributed by atoms with E-state index in [9.17, 15) is 4.39 Å². The van der Waals surface area contributed by atoms with Crippen LogP contribution in [0.2, 0.25) is 5.02 Å². The smallest absolute Gasteiger partial charge is 0.142 e. The number of benzene rings is 1. The molecule has 20 heavy (non-hydrogen) atoms. The molecule has 0 radical (unpaired) electrons. The van der Waals surface area contributed by atoms with Gasteiger partial charge in [-0.3, -0.25) is 0 Å². The molecule has 3 heteroatoms. The first-order chi connectivity index (χ1) is 9.58. The second-order valence-electron chi connectivity index (χ2n) is 7.19. The zero-order chi connectivity index (χ0) is 13.9. The van der Waals surface area contributed by atoms with Gasteiger partial charge in [0.1, 0.15) is 5.82 Å². The SMILES string of the molecule is NC1(Cc2cccc(F)c2Cl)CC2CC1C1CCCC21. The van der Waals surface area contributed by atoms with Gasteiger partial charge in [-0.1, -0.05) is 30.2 Å². The Morgan fingerprint density at radius 3 is 2.95 bits per heavy atom. The van der Waals surface area contributed by atoms with Crippen molar-refractivity contribution in [2.75, 3.05) is 0 Å². The van der Waals surface area contributed by atoms with E-state index >= 15 is 0 Å². The third kappa shape index (κ3) is 1.77. The van der Waals surface area contributed by atoms with Gasteiger partial charge in [-0.2, -0.15) is 0 Å². The van der Waals surface area contributed by atoms with Gasteiger partial charge in [0, 0.05) is 5.54 Å². The molecule has 0 aliphatic heterocycles. The highest BCUT2D eigenvalue weighted by Crippen LogP contribution is 2.62. The summed E-state index contributed by atoms with van der Waals surface area (Å²) in [6.07, 6.45) is 7.25. The summed E-state index contributed by atoms with van der Waals surface area (Å²) in [5.41, 5.74) is 7.50. The van der Waals surface area contributed by atoms with Crippen molar-refractivity contribution in [1.82, 2.24) is 0 Å². The molecule has 0 heterocycles. The van der Waals surface area contributed by atoms with Gasteiger partial charge in [0.2, 0.25) is 0 Å². The predicted octanol–water partition coefficient (Wildman–Crippen LogP) is 4.18. The average Bonchev–Trinajstić information content (AvgIpc) is 3.05. The monoisotopic (exact) mass is 293 g/mol. The Balaban J connectivity index is 1.61. The van der Waals surface area contributed by atoms with Crippen LogP contribution in [0.5, 0.6) is 0 Å². The van der Waals surface area contributed by atoms with E-state index < -0.39 is 0 Å². The average molecular weight is 294 g/mol. The molecule has 2 N–H and O–H groups in total. The maximum absolute atomic E-state index is 13.6. The van der Waals surface area contributed by atoms with Crippen LogP contribution in [0.15, 0.2) is 18.2 Å². The van der Waals surface area contributed by atoms with Gasteiger partial charge in [0.15, 0.2) is 0 Å². The van der Waals surface area contributed by atoms with Crippen molar-refractivity contribution in [3.8, 4) is 0 Å². The highest BCUT2D eigenvalue weighted by molar-refractivity contribution is 6.31. The second-order valence-corrected chi connectivity index (χ2v) is 7.57. The van der Waals surface area contributed by atoms with Gasteiger partial charge >= 0.3 is 0 Å². The topological polar surface area (TPSA) is 26.0 Å². The van der Waals surface area contributed by atoms with Crippen LogP contribution in [0, 0.1) is 29.5 Å². The zero-order valence-corrected chi connectivity index (χ0v) is 12.4. The fourth-order valence-corrected chi connectivity index (χ4v) is 5.75. The van der Waals surface area contributed by atoms with Gasteiger partial charge in [0.25, 0.3) is 0 Å².